The minimum Gasteiger partial charge on any atom is -0.320 e. The van der Waals surface area contributed by atoms with Crippen molar-refractivity contribution in [2.75, 3.05) is 6.54 Å². The number of benzene rings is 1. The van der Waals surface area contributed by atoms with Crippen LogP contribution in [0, 0.1) is 11.8 Å². The van der Waals surface area contributed by atoms with Crippen LogP contribution in [-0.2, 0) is 16.8 Å². The van der Waals surface area contributed by atoms with Crippen LogP contribution in [0.2, 0.25) is 0 Å². The molecule has 5 nitrogen and oxygen atoms in total. The molecule has 6 heteroatoms. The molecule has 0 bridgehead atoms. The molecule has 20 heavy (non-hydrogen) atoms. The van der Waals surface area contributed by atoms with Crippen LogP contribution in [0.5, 0.6) is 0 Å². The predicted molar refractivity (Wildman–Crippen MR) is 81.0 cm³/mol. The molecule has 0 aromatic heterocycles. The molecule has 1 aromatic rings. The van der Waals surface area contributed by atoms with E-state index in [1.54, 1.807) is 20.8 Å². The van der Waals surface area contributed by atoms with Crippen molar-refractivity contribution in [3.8, 4) is 11.8 Å². The lowest BCUT2D eigenvalue weighted by molar-refractivity contribution is 0.483. The van der Waals surface area contributed by atoms with Gasteiger partial charge in [-0.15, -0.1) is 0 Å². The third-order valence-corrected chi connectivity index (χ3v) is 3.57. The molecule has 0 radical (unpaired) electrons. The van der Waals surface area contributed by atoms with E-state index in [4.69, 9.17) is 5.73 Å². The van der Waals surface area contributed by atoms with E-state index in [1.807, 2.05) is 24.3 Å². The molecule has 4 N–H and O–H groups in total. The molecular formula is C14H21N3O2S. The summed E-state index contributed by atoms with van der Waals surface area (Å²) in [6.07, 6.45) is 0. The summed E-state index contributed by atoms with van der Waals surface area (Å²) in [5.41, 5.74) is 6.46. The van der Waals surface area contributed by atoms with Gasteiger partial charge in [0.1, 0.15) is 0 Å². The van der Waals surface area contributed by atoms with Gasteiger partial charge in [0, 0.05) is 17.6 Å². The van der Waals surface area contributed by atoms with E-state index in [0.717, 1.165) is 11.1 Å². The highest BCUT2D eigenvalue weighted by atomic mass is 32.2. The molecule has 0 amide bonds. The molecule has 0 aliphatic heterocycles. The molecule has 0 aliphatic rings. The Bertz CT molecular complexity index is 607. The van der Waals surface area contributed by atoms with Gasteiger partial charge in [0.25, 0.3) is 10.2 Å². The van der Waals surface area contributed by atoms with E-state index in [9.17, 15) is 8.42 Å². The van der Waals surface area contributed by atoms with Crippen molar-refractivity contribution < 1.29 is 8.42 Å². The molecule has 0 saturated heterocycles. The lowest BCUT2D eigenvalue weighted by Gasteiger charge is -2.20. The van der Waals surface area contributed by atoms with Gasteiger partial charge in [0.2, 0.25) is 0 Å². The Morgan fingerprint density at radius 2 is 2.00 bits per heavy atom. The zero-order chi connectivity index (χ0) is 15.2. The van der Waals surface area contributed by atoms with Gasteiger partial charge in [-0.3, -0.25) is 0 Å². The van der Waals surface area contributed by atoms with Crippen molar-refractivity contribution in [2.45, 2.75) is 32.9 Å². The van der Waals surface area contributed by atoms with E-state index in [2.05, 4.69) is 21.3 Å². The van der Waals surface area contributed by atoms with Gasteiger partial charge in [0.05, 0.1) is 6.54 Å². The summed E-state index contributed by atoms with van der Waals surface area (Å²) in [7, 11) is -3.52. The fourth-order valence-electron chi connectivity index (χ4n) is 1.53. The zero-order valence-corrected chi connectivity index (χ0v) is 12.8. The number of rotatable bonds is 4. The minimum atomic E-state index is -3.52. The van der Waals surface area contributed by atoms with Crippen LogP contribution in [0.1, 0.15) is 31.9 Å². The van der Waals surface area contributed by atoms with Crippen LogP contribution in [0.15, 0.2) is 24.3 Å². The summed E-state index contributed by atoms with van der Waals surface area (Å²) < 4.78 is 28.7. The van der Waals surface area contributed by atoms with Crippen molar-refractivity contribution in [2.24, 2.45) is 5.73 Å². The monoisotopic (exact) mass is 295 g/mol. The largest absolute Gasteiger partial charge is 0.320 e. The summed E-state index contributed by atoms with van der Waals surface area (Å²) >= 11 is 0. The second kappa shape index (κ2) is 6.86. The van der Waals surface area contributed by atoms with E-state index >= 15 is 0 Å². The average molecular weight is 295 g/mol. The normalized spacial score (nSPS) is 11.8. The highest BCUT2D eigenvalue weighted by Crippen LogP contribution is 2.05. The summed E-state index contributed by atoms with van der Waals surface area (Å²) in [6.45, 7) is 5.87. The van der Waals surface area contributed by atoms with Crippen LogP contribution >= 0.6 is 0 Å². The summed E-state index contributed by atoms with van der Waals surface area (Å²) in [6, 6.07) is 7.37. The number of hydrogen-bond acceptors (Lipinski definition) is 3. The van der Waals surface area contributed by atoms with Crippen molar-refractivity contribution in [1.82, 2.24) is 9.44 Å². The second-order valence-electron chi connectivity index (χ2n) is 5.38. The fraction of sp³-hybridized carbons (Fsp3) is 0.429. The summed E-state index contributed by atoms with van der Waals surface area (Å²) in [5.74, 6) is 5.67. The highest BCUT2D eigenvalue weighted by Gasteiger charge is 2.19. The van der Waals surface area contributed by atoms with E-state index in [0.29, 0.717) is 6.54 Å². The van der Waals surface area contributed by atoms with Crippen LogP contribution in [0.4, 0.5) is 0 Å². The van der Waals surface area contributed by atoms with Gasteiger partial charge in [-0.2, -0.15) is 17.9 Å². The maximum Gasteiger partial charge on any atom is 0.277 e. The maximum absolute atomic E-state index is 11.8. The van der Waals surface area contributed by atoms with Gasteiger partial charge >= 0.3 is 0 Å². The first-order valence-corrected chi connectivity index (χ1v) is 7.77. The molecule has 0 aliphatic carbocycles. The third kappa shape index (κ3) is 6.68. The first-order chi connectivity index (χ1) is 9.22. The average Bonchev–Trinajstić information content (AvgIpc) is 2.32. The topological polar surface area (TPSA) is 84.2 Å². The Balaban J connectivity index is 2.71. The number of hydrogen-bond donors (Lipinski definition) is 3. The molecule has 1 rings (SSSR count). The van der Waals surface area contributed by atoms with Crippen molar-refractivity contribution in [3.05, 3.63) is 35.4 Å². The SMILES string of the molecule is CC(C)(C)NS(=O)(=O)NCc1cccc(C#CCN)c1. The van der Waals surface area contributed by atoms with Gasteiger partial charge < -0.3 is 5.73 Å². The van der Waals surface area contributed by atoms with Gasteiger partial charge in [-0.05, 0) is 38.5 Å². The van der Waals surface area contributed by atoms with Gasteiger partial charge in [-0.1, -0.05) is 24.0 Å². The highest BCUT2D eigenvalue weighted by molar-refractivity contribution is 7.87. The van der Waals surface area contributed by atoms with E-state index in [1.165, 1.54) is 0 Å². The molecule has 1 aromatic carbocycles. The third-order valence-electron chi connectivity index (χ3n) is 2.17. The van der Waals surface area contributed by atoms with Crippen LogP contribution < -0.4 is 15.2 Å². The molecule has 0 heterocycles. The van der Waals surface area contributed by atoms with Crippen LogP contribution in [0.3, 0.4) is 0 Å². The van der Waals surface area contributed by atoms with Gasteiger partial charge in [-0.25, -0.2) is 0 Å². The molecule has 0 saturated carbocycles. The first kappa shape index (κ1) is 16.7. The van der Waals surface area contributed by atoms with Crippen LogP contribution in [0.25, 0.3) is 0 Å². The molecule has 0 unspecified atom stereocenters. The fourth-order valence-corrected chi connectivity index (χ4v) is 2.76. The molecule has 110 valence electrons. The van der Waals surface area contributed by atoms with Crippen molar-refractivity contribution >= 4 is 10.2 Å². The standard InChI is InChI=1S/C14H21N3O2S/c1-14(2,3)17-20(18,19)16-11-13-7-4-6-12(10-13)8-5-9-15/h4,6-7,10,16-17H,9,11,15H2,1-3H3. The summed E-state index contributed by atoms with van der Waals surface area (Å²) in [4.78, 5) is 0. The smallest absolute Gasteiger partial charge is 0.277 e. The predicted octanol–water partition coefficient (Wildman–Crippen LogP) is 0.719. The lowest BCUT2D eigenvalue weighted by atomic mass is 10.1. The molecular weight excluding hydrogens is 274 g/mol. The van der Waals surface area contributed by atoms with Crippen molar-refractivity contribution in [3.63, 3.8) is 0 Å². The Kier molecular flexibility index (Phi) is 5.72. The van der Waals surface area contributed by atoms with Crippen LogP contribution in [-0.4, -0.2) is 20.5 Å². The number of nitrogens with one attached hydrogen (secondary N) is 2. The minimum absolute atomic E-state index is 0.212. The summed E-state index contributed by atoms with van der Waals surface area (Å²) in [5, 5.41) is 0. The Morgan fingerprint density at radius 3 is 2.60 bits per heavy atom. The first-order valence-electron chi connectivity index (χ1n) is 6.28. The quantitative estimate of drug-likeness (QED) is 0.716. The number of nitrogens with two attached hydrogens (primary N) is 1. The van der Waals surface area contributed by atoms with E-state index in [-0.39, 0.29) is 6.54 Å². The Labute approximate surface area is 121 Å². The lowest BCUT2D eigenvalue weighted by Crippen LogP contribution is -2.46. The molecule has 0 spiro atoms. The zero-order valence-electron chi connectivity index (χ0n) is 12.0. The Hall–Kier alpha value is -1.39. The maximum atomic E-state index is 11.8. The van der Waals surface area contributed by atoms with Crippen molar-refractivity contribution in [1.29, 1.82) is 0 Å². The Morgan fingerprint density at radius 1 is 1.30 bits per heavy atom. The van der Waals surface area contributed by atoms with E-state index < -0.39 is 15.7 Å². The molecule has 0 atom stereocenters. The second-order valence-corrected chi connectivity index (χ2v) is 6.88. The molecule has 0 fully saturated rings. The van der Waals surface area contributed by atoms with Gasteiger partial charge in [0.15, 0.2) is 0 Å².